The van der Waals surface area contributed by atoms with E-state index in [4.69, 9.17) is 23.7 Å². The maximum Gasteiger partial charge on any atom is 0.231 e. The summed E-state index contributed by atoms with van der Waals surface area (Å²) >= 11 is 0. The SMILES string of the molecule is COc1cc(/C=C/C2c3c(ccc(OC)c3OC)-c3ccc4cc5c(cc4c3N2C)OCO5)ccc1O. The number of aromatic hydroxyl groups is 1. The van der Waals surface area contributed by atoms with Crippen LogP contribution in [0.15, 0.2) is 60.7 Å². The number of fused-ring (bicyclic) bond motifs is 6. The molecule has 0 radical (unpaired) electrons. The zero-order valence-corrected chi connectivity index (χ0v) is 21.1. The highest BCUT2D eigenvalue weighted by atomic mass is 16.7. The molecule has 2 aliphatic heterocycles. The smallest absolute Gasteiger partial charge is 0.231 e. The van der Waals surface area contributed by atoms with Crippen LogP contribution in [0, 0.1) is 0 Å². The lowest BCUT2D eigenvalue weighted by molar-refractivity contribution is 0.174. The first-order valence-corrected chi connectivity index (χ1v) is 11.9. The van der Waals surface area contributed by atoms with Gasteiger partial charge in [0.15, 0.2) is 34.5 Å². The van der Waals surface area contributed by atoms with E-state index < -0.39 is 0 Å². The highest BCUT2D eigenvalue weighted by molar-refractivity contribution is 6.06. The van der Waals surface area contributed by atoms with E-state index in [1.165, 1.54) is 0 Å². The molecule has 188 valence electrons. The third-order valence-corrected chi connectivity index (χ3v) is 7.10. The van der Waals surface area contributed by atoms with Gasteiger partial charge in [-0.05, 0) is 52.9 Å². The van der Waals surface area contributed by atoms with Gasteiger partial charge in [0.05, 0.1) is 33.1 Å². The minimum absolute atomic E-state index is 0.102. The lowest BCUT2D eigenvalue weighted by Gasteiger charge is -2.38. The molecule has 1 N–H and O–H groups in total. The van der Waals surface area contributed by atoms with Gasteiger partial charge in [-0.25, -0.2) is 0 Å². The fourth-order valence-electron chi connectivity index (χ4n) is 5.33. The van der Waals surface area contributed by atoms with Crippen molar-refractivity contribution in [1.29, 1.82) is 0 Å². The van der Waals surface area contributed by atoms with Crippen molar-refractivity contribution in [3.63, 3.8) is 0 Å². The van der Waals surface area contributed by atoms with Crippen LogP contribution in [0.2, 0.25) is 0 Å². The zero-order valence-electron chi connectivity index (χ0n) is 21.1. The normalized spacial score (nSPS) is 15.6. The van der Waals surface area contributed by atoms with Gasteiger partial charge in [-0.15, -0.1) is 0 Å². The average Bonchev–Trinajstić information content (AvgIpc) is 3.38. The monoisotopic (exact) mass is 497 g/mol. The van der Waals surface area contributed by atoms with E-state index in [0.29, 0.717) is 17.2 Å². The number of hydrogen-bond acceptors (Lipinski definition) is 7. The minimum atomic E-state index is -0.177. The number of hydrogen-bond donors (Lipinski definition) is 1. The Balaban J connectivity index is 1.57. The zero-order chi connectivity index (χ0) is 25.7. The predicted octanol–water partition coefficient (Wildman–Crippen LogP) is 6.17. The number of ether oxygens (including phenoxy) is 5. The van der Waals surface area contributed by atoms with Crippen LogP contribution in [0.5, 0.6) is 34.5 Å². The number of phenols is 1. The summed E-state index contributed by atoms with van der Waals surface area (Å²) in [4.78, 5) is 2.25. The van der Waals surface area contributed by atoms with Crippen LogP contribution < -0.4 is 28.6 Å². The lowest BCUT2D eigenvalue weighted by Crippen LogP contribution is -2.28. The average molecular weight is 498 g/mol. The summed E-state index contributed by atoms with van der Waals surface area (Å²) in [6, 6.07) is 17.5. The Labute approximate surface area is 215 Å². The van der Waals surface area contributed by atoms with Crippen LogP contribution in [-0.4, -0.2) is 40.3 Å². The van der Waals surface area contributed by atoms with Gasteiger partial charge in [0.2, 0.25) is 6.79 Å². The Morgan fingerprint density at radius 1 is 0.865 bits per heavy atom. The molecule has 0 bridgehead atoms. The summed E-state index contributed by atoms with van der Waals surface area (Å²) in [5.41, 5.74) is 5.18. The molecule has 1 unspecified atom stereocenters. The molecule has 0 spiro atoms. The van der Waals surface area contributed by atoms with Gasteiger partial charge in [-0.1, -0.05) is 30.4 Å². The molecule has 1 atom stereocenters. The Hall–Kier alpha value is -4.52. The van der Waals surface area contributed by atoms with E-state index in [-0.39, 0.29) is 18.6 Å². The lowest BCUT2D eigenvalue weighted by atomic mass is 9.85. The van der Waals surface area contributed by atoms with E-state index in [1.807, 2.05) is 30.3 Å². The summed E-state index contributed by atoms with van der Waals surface area (Å²) in [6.45, 7) is 0.227. The fourth-order valence-corrected chi connectivity index (χ4v) is 5.33. The third kappa shape index (κ3) is 3.57. The molecule has 2 heterocycles. The van der Waals surface area contributed by atoms with Gasteiger partial charge in [-0.2, -0.15) is 0 Å². The summed E-state index contributed by atoms with van der Waals surface area (Å²) < 4.78 is 28.2. The molecule has 2 aliphatic rings. The van der Waals surface area contributed by atoms with E-state index in [9.17, 15) is 5.11 Å². The number of rotatable bonds is 5. The highest BCUT2D eigenvalue weighted by Crippen LogP contribution is 2.54. The minimum Gasteiger partial charge on any atom is -0.504 e. The van der Waals surface area contributed by atoms with E-state index in [1.54, 1.807) is 27.4 Å². The molecular weight excluding hydrogens is 470 g/mol. The number of anilines is 1. The fraction of sp³-hybridized carbons (Fsp3) is 0.200. The van der Waals surface area contributed by atoms with Crippen molar-refractivity contribution in [2.75, 3.05) is 40.1 Å². The topological polar surface area (TPSA) is 69.6 Å². The van der Waals surface area contributed by atoms with Crippen molar-refractivity contribution < 1.29 is 28.8 Å². The Morgan fingerprint density at radius 3 is 2.38 bits per heavy atom. The second-order valence-electron chi connectivity index (χ2n) is 9.00. The van der Waals surface area contributed by atoms with Gasteiger partial charge in [0.1, 0.15) is 0 Å². The van der Waals surface area contributed by atoms with Crippen molar-refractivity contribution in [2.45, 2.75) is 6.04 Å². The molecule has 0 saturated carbocycles. The van der Waals surface area contributed by atoms with Crippen LogP contribution in [0.4, 0.5) is 5.69 Å². The second kappa shape index (κ2) is 8.85. The van der Waals surface area contributed by atoms with E-state index >= 15 is 0 Å². The molecule has 4 aromatic carbocycles. The molecule has 7 nitrogen and oxygen atoms in total. The van der Waals surface area contributed by atoms with Crippen molar-refractivity contribution in [1.82, 2.24) is 0 Å². The molecule has 7 heteroatoms. The first-order valence-electron chi connectivity index (χ1n) is 11.9. The Bertz CT molecular complexity index is 1560. The maximum absolute atomic E-state index is 10.0. The van der Waals surface area contributed by atoms with Crippen LogP contribution in [0.1, 0.15) is 17.2 Å². The molecule has 6 rings (SSSR count). The van der Waals surface area contributed by atoms with Crippen molar-refractivity contribution in [3.8, 4) is 45.6 Å². The summed E-state index contributed by atoms with van der Waals surface area (Å²) in [5, 5.41) is 12.2. The third-order valence-electron chi connectivity index (χ3n) is 7.10. The predicted molar refractivity (Wildman–Crippen MR) is 143 cm³/mol. The number of phenolic OH excluding ortho intramolecular Hbond substituents is 1. The van der Waals surface area contributed by atoms with E-state index in [0.717, 1.165) is 50.2 Å². The summed E-state index contributed by atoms with van der Waals surface area (Å²) in [7, 11) is 6.93. The van der Waals surface area contributed by atoms with Gasteiger partial charge in [-0.3, -0.25) is 0 Å². The molecule has 0 saturated heterocycles. The van der Waals surface area contributed by atoms with Gasteiger partial charge in [0, 0.05) is 23.6 Å². The van der Waals surface area contributed by atoms with Crippen LogP contribution >= 0.6 is 0 Å². The Kier molecular flexibility index (Phi) is 5.48. The number of nitrogens with zero attached hydrogens (tertiary/aromatic N) is 1. The van der Waals surface area contributed by atoms with Gasteiger partial charge >= 0.3 is 0 Å². The van der Waals surface area contributed by atoms with E-state index in [2.05, 4.69) is 42.3 Å². The van der Waals surface area contributed by atoms with Crippen molar-refractivity contribution in [2.24, 2.45) is 0 Å². The quantitative estimate of drug-likeness (QED) is 0.354. The van der Waals surface area contributed by atoms with Crippen molar-refractivity contribution >= 4 is 22.5 Å². The maximum atomic E-state index is 10.0. The first kappa shape index (κ1) is 22.9. The highest BCUT2D eigenvalue weighted by Gasteiger charge is 2.33. The van der Waals surface area contributed by atoms with Gasteiger partial charge in [0.25, 0.3) is 0 Å². The van der Waals surface area contributed by atoms with Crippen LogP contribution in [0.3, 0.4) is 0 Å². The number of methoxy groups -OCH3 is 3. The van der Waals surface area contributed by atoms with Crippen LogP contribution in [0.25, 0.3) is 28.0 Å². The molecule has 0 aromatic heterocycles. The first-order chi connectivity index (χ1) is 18.0. The Morgan fingerprint density at radius 2 is 1.62 bits per heavy atom. The molecule has 0 amide bonds. The standard InChI is InChI=1S/C30H27NO6/c1-31-22(10-5-17-6-11-23(32)25(13-17)34-3)28-19(9-12-24(33-2)30(28)35-4)20-8-7-18-14-26-27(37-16-36-26)15-21(18)29(20)31/h5-15,22,32H,16H2,1-4H3/b10-5+. The summed E-state index contributed by atoms with van der Waals surface area (Å²) in [6.07, 6.45) is 4.15. The molecule has 0 fully saturated rings. The number of likely N-dealkylation sites (N-methyl/N-ethyl adjacent to an activating group) is 1. The second-order valence-corrected chi connectivity index (χ2v) is 9.00. The number of benzene rings is 4. The molecule has 37 heavy (non-hydrogen) atoms. The van der Waals surface area contributed by atoms with Crippen molar-refractivity contribution in [3.05, 3.63) is 71.8 Å². The summed E-state index contributed by atoms with van der Waals surface area (Å²) in [5.74, 6) is 3.40. The van der Waals surface area contributed by atoms with Crippen LogP contribution in [-0.2, 0) is 0 Å². The molecular formula is C30H27NO6. The molecule has 4 aromatic rings. The molecule has 0 aliphatic carbocycles. The van der Waals surface area contributed by atoms with Gasteiger partial charge < -0.3 is 33.7 Å². The largest absolute Gasteiger partial charge is 0.504 e.